The van der Waals surface area contributed by atoms with Gasteiger partial charge in [0.2, 0.25) is 0 Å². The van der Waals surface area contributed by atoms with Gasteiger partial charge in [0.1, 0.15) is 18.2 Å². The van der Waals surface area contributed by atoms with E-state index in [1.165, 1.54) is 4.90 Å². The van der Waals surface area contributed by atoms with Crippen LogP contribution in [0.25, 0.3) is 0 Å². The lowest BCUT2D eigenvalue weighted by atomic mass is 10.0. The molecule has 3 unspecified atom stereocenters. The summed E-state index contributed by atoms with van der Waals surface area (Å²) < 4.78 is 0. The van der Waals surface area contributed by atoms with E-state index in [0.29, 0.717) is 19.4 Å². The molecule has 0 aromatic heterocycles. The molecule has 5 N–H and O–H groups in total. The number of aliphatic carboxylic acids is 1. The van der Waals surface area contributed by atoms with Gasteiger partial charge in [0.15, 0.2) is 5.78 Å². The molecule has 0 aromatic carbocycles. The fraction of sp³-hybridized carbons (Fsp3) is 0.818. The first-order valence-corrected chi connectivity index (χ1v) is 6.04. The molecule has 0 spiro atoms. The van der Waals surface area contributed by atoms with Crippen molar-refractivity contribution in [2.45, 2.75) is 37.2 Å². The van der Waals surface area contributed by atoms with Gasteiger partial charge in [-0.25, -0.2) is 0 Å². The number of aliphatic hydroxyl groups excluding tert-OH is 4. The standard InChI is InChI=1S/C11H19NO7/c13-5-8(15)10(17)9(16)7(14)4-12-3-1-2-6(12)11(18)19/h6-9,13-16H,1-5H2,(H,18,19)/t6?,7?,8-,9?/m1/s1. The lowest BCUT2D eigenvalue weighted by molar-refractivity contribution is -0.146. The molecule has 0 aliphatic carbocycles. The van der Waals surface area contributed by atoms with Crippen molar-refractivity contribution in [3.8, 4) is 0 Å². The number of nitrogens with zero attached hydrogens (tertiary/aromatic N) is 1. The van der Waals surface area contributed by atoms with E-state index in [9.17, 15) is 19.8 Å². The predicted octanol–water partition coefficient (Wildman–Crippen LogP) is -2.82. The number of carboxylic acid groups (broad SMARTS) is 1. The first kappa shape index (κ1) is 16.0. The van der Waals surface area contributed by atoms with Crippen molar-refractivity contribution < 1.29 is 35.1 Å². The fourth-order valence-corrected chi connectivity index (χ4v) is 2.14. The lowest BCUT2D eigenvalue weighted by Crippen LogP contribution is -2.49. The molecule has 0 radical (unpaired) electrons. The van der Waals surface area contributed by atoms with Gasteiger partial charge in [-0.05, 0) is 19.4 Å². The van der Waals surface area contributed by atoms with Crippen LogP contribution in [0.15, 0.2) is 0 Å². The molecular weight excluding hydrogens is 258 g/mol. The summed E-state index contributed by atoms with van der Waals surface area (Å²) in [4.78, 5) is 23.7. The summed E-state index contributed by atoms with van der Waals surface area (Å²) in [5.41, 5.74) is 0. The number of carboxylic acids is 1. The Morgan fingerprint density at radius 3 is 2.42 bits per heavy atom. The van der Waals surface area contributed by atoms with Gasteiger partial charge in [0, 0.05) is 6.54 Å². The Labute approximate surface area is 109 Å². The van der Waals surface area contributed by atoms with Gasteiger partial charge in [-0.15, -0.1) is 0 Å². The highest BCUT2D eigenvalue weighted by molar-refractivity contribution is 5.87. The van der Waals surface area contributed by atoms with Gasteiger partial charge in [0.05, 0.1) is 12.7 Å². The number of ketones is 1. The third-order valence-electron chi connectivity index (χ3n) is 3.23. The van der Waals surface area contributed by atoms with Crippen LogP contribution in [-0.2, 0) is 9.59 Å². The SMILES string of the molecule is O=C(O)C1CCCN1CC(O)C(O)C(=O)[C@H](O)CO. The summed E-state index contributed by atoms with van der Waals surface area (Å²) in [6, 6.07) is -0.736. The van der Waals surface area contributed by atoms with Crippen LogP contribution >= 0.6 is 0 Å². The number of carbonyl (C=O) groups is 2. The van der Waals surface area contributed by atoms with E-state index in [1.807, 2.05) is 0 Å². The summed E-state index contributed by atoms with van der Waals surface area (Å²) in [5, 5.41) is 45.8. The second kappa shape index (κ2) is 6.92. The molecule has 19 heavy (non-hydrogen) atoms. The van der Waals surface area contributed by atoms with Crippen molar-refractivity contribution in [2.24, 2.45) is 0 Å². The fourth-order valence-electron chi connectivity index (χ4n) is 2.14. The minimum absolute atomic E-state index is 0.179. The summed E-state index contributed by atoms with van der Waals surface area (Å²) >= 11 is 0. The molecule has 1 fully saturated rings. The Kier molecular flexibility index (Phi) is 5.83. The van der Waals surface area contributed by atoms with E-state index in [0.717, 1.165) is 0 Å². The molecule has 0 amide bonds. The van der Waals surface area contributed by atoms with Crippen LogP contribution in [0.4, 0.5) is 0 Å². The van der Waals surface area contributed by atoms with Crippen LogP contribution < -0.4 is 0 Å². The number of β-amino-alcohol motifs (C(OH)–C–C–N with tert-alkyl or cyclic N) is 1. The quantitative estimate of drug-likeness (QED) is 0.336. The number of rotatable bonds is 7. The molecule has 110 valence electrons. The van der Waals surface area contributed by atoms with Gasteiger partial charge < -0.3 is 25.5 Å². The first-order chi connectivity index (χ1) is 8.88. The highest BCUT2D eigenvalue weighted by Crippen LogP contribution is 2.18. The van der Waals surface area contributed by atoms with E-state index in [2.05, 4.69) is 0 Å². The van der Waals surface area contributed by atoms with E-state index >= 15 is 0 Å². The van der Waals surface area contributed by atoms with Crippen molar-refractivity contribution in [1.29, 1.82) is 0 Å². The number of aliphatic hydroxyl groups is 4. The van der Waals surface area contributed by atoms with E-state index < -0.39 is 42.7 Å². The average molecular weight is 277 g/mol. The van der Waals surface area contributed by atoms with Crippen molar-refractivity contribution in [3.05, 3.63) is 0 Å². The maximum atomic E-state index is 11.3. The highest BCUT2D eigenvalue weighted by atomic mass is 16.4. The number of hydrogen-bond donors (Lipinski definition) is 5. The molecular formula is C11H19NO7. The van der Waals surface area contributed by atoms with Crippen molar-refractivity contribution in [3.63, 3.8) is 0 Å². The zero-order chi connectivity index (χ0) is 14.6. The van der Waals surface area contributed by atoms with Crippen LogP contribution in [0.3, 0.4) is 0 Å². The molecule has 0 saturated carbocycles. The van der Waals surface area contributed by atoms with Crippen LogP contribution in [0.2, 0.25) is 0 Å². The van der Waals surface area contributed by atoms with Crippen molar-refractivity contribution in [2.75, 3.05) is 19.7 Å². The minimum Gasteiger partial charge on any atom is -0.480 e. The van der Waals surface area contributed by atoms with Gasteiger partial charge in [-0.2, -0.15) is 0 Å². The van der Waals surface area contributed by atoms with Crippen molar-refractivity contribution in [1.82, 2.24) is 4.90 Å². The summed E-state index contributed by atoms with van der Waals surface area (Å²) in [6.07, 6.45) is -4.00. The van der Waals surface area contributed by atoms with E-state index in [4.69, 9.17) is 15.3 Å². The highest BCUT2D eigenvalue weighted by Gasteiger charge is 2.35. The Balaban J connectivity index is 2.56. The maximum Gasteiger partial charge on any atom is 0.320 e. The van der Waals surface area contributed by atoms with Crippen LogP contribution in [-0.4, -0.2) is 86.2 Å². The molecule has 4 atom stereocenters. The Hall–Kier alpha value is -1.06. The molecule has 0 bridgehead atoms. The lowest BCUT2D eigenvalue weighted by Gasteiger charge is -2.26. The number of likely N-dealkylation sites (tertiary alicyclic amines) is 1. The molecule has 1 rings (SSSR count). The summed E-state index contributed by atoms with van der Waals surface area (Å²) in [6.45, 7) is -0.566. The Morgan fingerprint density at radius 1 is 1.26 bits per heavy atom. The number of hydrogen-bond acceptors (Lipinski definition) is 7. The third-order valence-corrected chi connectivity index (χ3v) is 3.23. The normalized spacial score (nSPS) is 24.9. The minimum atomic E-state index is -1.85. The second-order valence-corrected chi connectivity index (χ2v) is 4.60. The number of Topliss-reactive ketones (excluding diaryl/α,β-unsaturated/α-hetero) is 1. The summed E-state index contributed by atoms with van der Waals surface area (Å²) in [7, 11) is 0. The summed E-state index contributed by atoms with van der Waals surface area (Å²) in [5.74, 6) is -2.10. The van der Waals surface area contributed by atoms with Crippen LogP contribution in [0, 0.1) is 0 Å². The van der Waals surface area contributed by atoms with E-state index in [-0.39, 0.29) is 6.54 Å². The van der Waals surface area contributed by atoms with Gasteiger partial charge in [-0.3, -0.25) is 14.5 Å². The molecule has 1 aliphatic rings. The van der Waals surface area contributed by atoms with Gasteiger partial charge in [-0.1, -0.05) is 0 Å². The topological polar surface area (TPSA) is 139 Å². The Morgan fingerprint density at radius 2 is 1.89 bits per heavy atom. The number of carbonyl (C=O) groups excluding carboxylic acids is 1. The van der Waals surface area contributed by atoms with Crippen LogP contribution in [0.5, 0.6) is 0 Å². The largest absolute Gasteiger partial charge is 0.480 e. The molecule has 8 nitrogen and oxygen atoms in total. The zero-order valence-corrected chi connectivity index (χ0v) is 10.3. The third kappa shape index (κ3) is 3.95. The second-order valence-electron chi connectivity index (χ2n) is 4.60. The van der Waals surface area contributed by atoms with Gasteiger partial charge in [0.25, 0.3) is 0 Å². The molecule has 1 aliphatic heterocycles. The smallest absolute Gasteiger partial charge is 0.320 e. The van der Waals surface area contributed by atoms with Crippen molar-refractivity contribution >= 4 is 11.8 Å². The van der Waals surface area contributed by atoms with Gasteiger partial charge >= 0.3 is 5.97 Å². The average Bonchev–Trinajstić information content (AvgIpc) is 2.84. The molecule has 0 aromatic rings. The zero-order valence-electron chi connectivity index (χ0n) is 10.3. The predicted molar refractivity (Wildman–Crippen MR) is 62.3 cm³/mol. The molecule has 1 heterocycles. The van der Waals surface area contributed by atoms with E-state index in [1.54, 1.807) is 0 Å². The monoisotopic (exact) mass is 277 g/mol. The Bertz CT molecular complexity index is 335. The first-order valence-electron chi connectivity index (χ1n) is 6.04. The van der Waals surface area contributed by atoms with Crippen LogP contribution in [0.1, 0.15) is 12.8 Å². The molecule has 1 saturated heterocycles. The maximum absolute atomic E-state index is 11.3. The molecule has 8 heteroatoms.